The number of para-hydroxylation sites is 1. The van der Waals surface area contributed by atoms with E-state index in [4.69, 9.17) is 11.6 Å². The Balaban J connectivity index is 2.22. The zero-order valence-electron chi connectivity index (χ0n) is 8.66. The van der Waals surface area contributed by atoms with Gasteiger partial charge >= 0.3 is 0 Å². The van der Waals surface area contributed by atoms with Crippen molar-refractivity contribution in [2.45, 2.75) is 19.3 Å². The van der Waals surface area contributed by atoms with Crippen LogP contribution in [-0.2, 0) is 12.8 Å². The molecule has 16 heavy (non-hydrogen) atoms. The van der Waals surface area contributed by atoms with Crippen LogP contribution < -0.4 is 5.56 Å². The first kappa shape index (κ1) is 9.73. The largest absolute Gasteiger partial charge is 0.295 e. The number of fused-ring (bicyclic) bond motifs is 1. The van der Waals surface area contributed by atoms with Crippen LogP contribution in [0.1, 0.15) is 17.7 Å². The van der Waals surface area contributed by atoms with E-state index >= 15 is 0 Å². The van der Waals surface area contributed by atoms with Gasteiger partial charge in [0.05, 0.1) is 10.7 Å². The maximum atomic E-state index is 12.1. The molecule has 1 aromatic carbocycles. The Labute approximate surface area is 97.6 Å². The molecule has 1 aliphatic carbocycles. The first-order valence-electron chi connectivity index (χ1n) is 5.35. The molecule has 0 aliphatic heterocycles. The molecule has 0 spiro atoms. The van der Waals surface area contributed by atoms with Gasteiger partial charge in [0.15, 0.2) is 0 Å². The van der Waals surface area contributed by atoms with Gasteiger partial charge in [-0.15, -0.1) is 0 Å². The molecule has 0 amide bonds. The predicted octanol–water partition coefficient (Wildman–Crippen LogP) is 2.31. The molecule has 0 radical (unpaired) electrons. The van der Waals surface area contributed by atoms with Crippen molar-refractivity contribution in [2.24, 2.45) is 0 Å². The minimum Gasteiger partial charge on any atom is -0.295 e. The smallest absolute Gasteiger partial charge is 0.274 e. The number of H-pyrrole nitrogens is 1. The lowest BCUT2D eigenvalue weighted by molar-refractivity contribution is 0.780. The van der Waals surface area contributed by atoms with Crippen LogP contribution in [0.5, 0.6) is 0 Å². The summed E-state index contributed by atoms with van der Waals surface area (Å²) in [6.45, 7) is 0. The topological polar surface area (TPSA) is 37.8 Å². The van der Waals surface area contributed by atoms with Crippen molar-refractivity contribution in [3.8, 4) is 5.69 Å². The van der Waals surface area contributed by atoms with E-state index in [-0.39, 0.29) is 5.56 Å². The fourth-order valence-electron chi connectivity index (χ4n) is 2.23. The highest BCUT2D eigenvalue weighted by Crippen LogP contribution is 2.21. The summed E-state index contributed by atoms with van der Waals surface area (Å²) >= 11 is 6.07. The number of aryl methyl sites for hydroxylation is 1. The van der Waals surface area contributed by atoms with Crippen molar-refractivity contribution in [1.29, 1.82) is 0 Å². The van der Waals surface area contributed by atoms with E-state index in [1.54, 1.807) is 10.7 Å². The van der Waals surface area contributed by atoms with Gasteiger partial charge in [0.25, 0.3) is 5.56 Å². The molecule has 0 bridgehead atoms. The zero-order chi connectivity index (χ0) is 11.1. The monoisotopic (exact) mass is 234 g/mol. The number of hydrogen-bond acceptors (Lipinski definition) is 1. The molecule has 4 heteroatoms. The van der Waals surface area contributed by atoms with Crippen LogP contribution >= 0.6 is 11.6 Å². The fourth-order valence-corrected chi connectivity index (χ4v) is 2.45. The molecule has 1 heterocycles. The van der Waals surface area contributed by atoms with Gasteiger partial charge in [-0.2, -0.15) is 0 Å². The van der Waals surface area contributed by atoms with E-state index in [0.29, 0.717) is 5.02 Å². The van der Waals surface area contributed by atoms with E-state index in [1.165, 1.54) is 0 Å². The number of nitrogens with zero attached hydrogens (tertiary/aromatic N) is 1. The Morgan fingerprint density at radius 3 is 2.81 bits per heavy atom. The van der Waals surface area contributed by atoms with E-state index in [9.17, 15) is 4.79 Å². The Kier molecular flexibility index (Phi) is 2.14. The molecule has 0 saturated heterocycles. The zero-order valence-corrected chi connectivity index (χ0v) is 9.42. The molecular formula is C12H11ClN2O. The van der Waals surface area contributed by atoms with Gasteiger partial charge < -0.3 is 0 Å². The Morgan fingerprint density at radius 1 is 1.25 bits per heavy atom. The molecular weight excluding hydrogens is 224 g/mol. The lowest BCUT2D eigenvalue weighted by atomic mass is 10.3. The average Bonchev–Trinajstić information content (AvgIpc) is 2.83. The third kappa shape index (κ3) is 1.32. The second-order valence-corrected chi connectivity index (χ2v) is 4.42. The number of rotatable bonds is 1. The van der Waals surface area contributed by atoms with Crippen molar-refractivity contribution >= 4 is 11.6 Å². The minimum absolute atomic E-state index is 0.0422. The predicted molar refractivity (Wildman–Crippen MR) is 63.4 cm³/mol. The van der Waals surface area contributed by atoms with E-state index in [1.807, 2.05) is 18.2 Å². The van der Waals surface area contributed by atoms with Crippen LogP contribution in [-0.4, -0.2) is 9.78 Å². The normalized spacial score (nSPS) is 14.1. The number of nitrogens with one attached hydrogen (secondary N) is 1. The third-order valence-corrected chi connectivity index (χ3v) is 3.34. The number of aromatic nitrogens is 2. The van der Waals surface area contributed by atoms with Crippen LogP contribution in [0, 0.1) is 0 Å². The van der Waals surface area contributed by atoms with Gasteiger partial charge in [-0.1, -0.05) is 23.7 Å². The fraction of sp³-hybridized carbons (Fsp3) is 0.250. The van der Waals surface area contributed by atoms with Gasteiger partial charge in [0, 0.05) is 11.3 Å². The Hall–Kier alpha value is -1.48. The second kappa shape index (κ2) is 3.52. The maximum Gasteiger partial charge on any atom is 0.274 e. The van der Waals surface area contributed by atoms with Gasteiger partial charge in [-0.3, -0.25) is 9.89 Å². The van der Waals surface area contributed by atoms with Crippen LogP contribution in [0.2, 0.25) is 5.02 Å². The SMILES string of the molecule is O=c1c2c([nH]n1-c1ccccc1Cl)CCC2. The third-order valence-electron chi connectivity index (χ3n) is 3.02. The molecule has 1 N–H and O–H groups in total. The lowest BCUT2D eigenvalue weighted by Gasteiger charge is -2.04. The van der Waals surface area contributed by atoms with Gasteiger partial charge in [0.1, 0.15) is 0 Å². The summed E-state index contributed by atoms with van der Waals surface area (Å²) < 4.78 is 1.55. The first-order valence-corrected chi connectivity index (χ1v) is 5.73. The number of aromatic amines is 1. The van der Waals surface area contributed by atoms with E-state index < -0.39 is 0 Å². The highest BCUT2D eigenvalue weighted by Gasteiger charge is 2.20. The highest BCUT2D eigenvalue weighted by molar-refractivity contribution is 6.32. The number of hydrogen-bond donors (Lipinski definition) is 1. The molecule has 2 aromatic rings. The molecule has 1 aromatic heterocycles. The van der Waals surface area contributed by atoms with Crippen LogP contribution in [0.3, 0.4) is 0 Å². The van der Waals surface area contributed by atoms with Gasteiger partial charge in [-0.25, -0.2) is 4.68 Å². The Morgan fingerprint density at radius 2 is 2.06 bits per heavy atom. The van der Waals surface area contributed by atoms with Crippen molar-refractivity contribution in [1.82, 2.24) is 9.78 Å². The Bertz CT molecular complexity index is 597. The molecule has 0 fully saturated rings. The molecule has 82 valence electrons. The second-order valence-electron chi connectivity index (χ2n) is 4.01. The van der Waals surface area contributed by atoms with Crippen molar-refractivity contribution in [3.63, 3.8) is 0 Å². The average molecular weight is 235 g/mol. The lowest BCUT2D eigenvalue weighted by Crippen LogP contribution is -2.17. The van der Waals surface area contributed by atoms with Gasteiger partial charge in [-0.05, 0) is 31.4 Å². The molecule has 0 saturated carbocycles. The summed E-state index contributed by atoms with van der Waals surface area (Å²) in [5.74, 6) is 0. The van der Waals surface area contributed by atoms with Crippen LogP contribution in [0.15, 0.2) is 29.1 Å². The van der Waals surface area contributed by atoms with Crippen molar-refractivity contribution in [2.75, 3.05) is 0 Å². The molecule has 3 rings (SSSR count). The van der Waals surface area contributed by atoms with Crippen LogP contribution in [0.4, 0.5) is 0 Å². The number of benzene rings is 1. The quantitative estimate of drug-likeness (QED) is 0.808. The first-order chi connectivity index (χ1) is 7.77. The summed E-state index contributed by atoms with van der Waals surface area (Å²) in [7, 11) is 0. The molecule has 0 unspecified atom stereocenters. The summed E-state index contributed by atoms with van der Waals surface area (Å²) in [5, 5.41) is 3.73. The van der Waals surface area contributed by atoms with Crippen molar-refractivity contribution in [3.05, 3.63) is 50.9 Å². The maximum absolute atomic E-state index is 12.1. The number of halogens is 1. The molecule has 1 aliphatic rings. The standard InChI is InChI=1S/C12H11ClN2O/c13-9-5-1-2-7-11(9)15-12(16)8-4-3-6-10(8)14-15/h1-2,5,7,14H,3-4,6H2. The van der Waals surface area contributed by atoms with Gasteiger partial charge in [0.2, 0.25) is 0 Å². The molecule has 0 atom stereocenters. The molecule has 3 nitrogen and oxygen atoms in total. The van der Waals surface area contributed by atoms with Crippen molar-refractivity contribution < 1.29 is 0 Å². The summed E-state index contributed by atoms with van der Waals surface area (Å²) in [4.78, 5) is 12.1. The van der Waals surface area contributed by atoms with E-state index in [0.717, 1.165) is 36.2 Å². The summed E-state index contributed by atoms with van der Waals surface area (Å²) in [5.41, 5.74) is 2.74. The highest BCUT2D eigenvalue weighted by atomic mass is 35.5. The van der Waals surface area contributed by atoms with E-state index in [2.05, 4.69) is 5.10 Å². The summed E-state index contributed by atoms with van der Waals surface area (Å²) in [6, 6.07) is 7.36. The van der Waals surface area contributed by atoms with Crippen LogP contribution in [0.25, 0.3) is 5.69 Å². The minimum atomic E-state index is 0.0422. The summed E-state index contributed by atoms with van der Waals surface area (Å²) in [6.07, 6.45) is 2.91.